The summed E-state index contributed by atoms with van der Waals surface area (Å²) < 4.78 is 0. The van der Waals surface area contributed by atoms with Crippen LogP contribution >= 0.6 is 0 Å². The number of aliphatic carboxylic acids is 6. The maximum absolute atomic E-state index is 11.0. The van der Waals surface area contributed by atoms with Gasteiger partial charge in [0.15, 0.2) is 5.60 Å². The van der Waals surface area contributed by atoms with Gasteiger partial charge in [-0.25, -0.2) is 9.78 Å². The molecule has 0 rings (SSSR count). The summed E-state index contributed by atoms with van der Waals surface area (Å²) in [6, 6.07) is 0. The molecular weight excluding hydrogens is 609 g/mol. The van der Waals surface area contributed by atoms with Crippen LogP contribution in [0.15, 0.2) is 0 Å². The van der Waals surface area contributed by atoms with E-state index in [0.717, 1.165) is 0 Å². The molecule has 220 valence electrons. The number of carboxylic acids is 6. The van der Waals surface area contributed by atoms with Gasteiger partial charge in [0.1, 0.15) is 36.6 Å². The van der Waals surface area contributed by atoms with Crippen LogP contribution in [-0.4, -0.2) is 184 Å². The number of carbonyl (C=O) groups excluding carboxylic acids is 6. The third-order valence-corrected chi connectivity index (χ3v) is 4.27. The minimum atomic E-state index is -3.04. The van der Waals surface area contributed by atoms with E-state index >= 15 is 0 Å². The fourth-order valence-electron chi connectivity index (χ4n) is 2.33. The number of aliphatic hydroxyl groups excluding tert-OH is 5. The van der Waals surface area contributed by atoms with Gasteiger partial charge in [-0.15, -0.1) is 0 Å². The Labute approximate surface area is 277 Å². The predicted molar refractivity (Wildman–Crippen MR) is 112 cm³/mol. The monoisotopic (exact) mass is 630 g/mol. The molecule has 0 unspecified atom stereocenters. The molecule has 0 aromatic rings. The van der Waals surface area contributed by atoms with Gasteiger partial charge in [-0.05, 0) is 0 Å². The van der Waals surface area contributed by atoms with E-state index in [0.29, 0.717) is 0 Å². The van der Waals surface area contributed by atoms with Gasteiger partial charge in [0.25, 0.3) is 0 Å². The summed E-state index contributed by atoms with van der Waals surface area (Å²) >= 11 is 0. The van der Waals surface area contributed by atoms with Gasteiger partial charge in [0.05, 0.1) is 18.5 Å². The quantitative estimate of drug-likeness (QED) is 0.0464. The molecule has 0 spiro atoms. The van der Waals surface area contributed by atoms with Crippen LogP contribution in [-0.2, 0) is 38.5 Å². The topological polar surface area (TPSA) is 381 Å². The standard InChI is InChI=1S/C12H20O13.C6H8O7.3Mg/c13-3-5(14)9(20)10(21)6(15)4-24-25-12(11(22)23,1-7(16)17)2-8(18)19;7-3(8)1-6(13,5(11)12)2-4(9)10;;;/h5-6,9-10,13-15,20-21H,1-4H2,(H,16,17)(H,18,19)(H,22,23);13H,1-2H2,(H,7,8)(H,9,10)(H,11,12);;;/q;;3*+2/p-6/t5-,6+,9-,10-;;;;/m1..../s1. The fraction of sp³-hybridized carbons (Fsp3) is 0.667. The summed E-state index contributed by atoms with van der Waals surface area (Å²) in [6.45, 7) is -2.03. The molecule has 4 atom stereocenters. The summed E-state index contributed by atoms with van der Waals surface area (Å²) in [7, 11) is 0. The minimum Gasteiger partial charge on any atom is -0.550 e. The van der Waals surface area contributed by atoms with Crippen molar-refractivity contribution in [2.45, 2.75) is 61.3 Å². The molecule has 0 amide bonds. The largest absolute Gasteiger partial charge is 2.00 e. The normalized spacial score (nSPS) is 13.6. The van der Waals surface area contributed by atoms with Crippen LogP contribution in [0.3, 0.4) is 0 Å². The van der Waals surface area contributed by atoms with E-state index in [-0.39, 0.29) is 69.2 Å². The molecule has 0 aliphatic heterocycles. The van der Waals surface area contributed by atoms with Gasteiger partial charge in [0.2, 0.25) is 0 Å². The Bertz CT molecular complexity index is 821. The van der Waals surface area contributed by atoms with Gasteiger partial charge in [0, 0.05) is 49.6 Å². The number of carbonyl (C=O) groups is 6. The van der Waals surface area contributed by atoms with E-state index in [1.165, 1.54) is 0 Å². The first-order valence-electron chi connectivity index (χ1n) is 9.83. The molecule has 0 bridgehead atoms. The summed E-state index contributed by atoms with van der Waals surface area (Å²) in [5.41, 5.74) is -6.01. The third kappa shape index (κ3) is 19.6. The van der Waals surface area contributed by atoms with Crippen LogP contribution in [0, 0.1) is 0 Å². The van der Waals surface area contributed by atoms with E-state index in [1.54, 1.807) is 0 Å². The Balaban J connectivity index is -0.000000231. The zero-order chi connectivity index (χ0) is 30.4. The Hall–Kier alpha value is -1.20. The molecular formula is C18H22Mg3O20. The summed E-state index contributed by atoms with van der Waals surface area (Å²) in [5.74, 6) is -12.3. The number of rotatable bonds is 18. The van der Waals surface area contributed by atoms with E-state index in [1.807, 2.05) is 0 Å². The van der Waals surface area contributed by atoms with Crippen LogP contribution in [0.1, 0.15) is 25.7 Å². The SMILES string of the molecule is O=C([O-])CC(CC(=O)[O-])(OOC[C@H](O)[C@@H](O)[C@H](O)[C@H](O)CO)C(=O)[O-].O=C([O-])CC(O)(CC(=O)[O-])C(=O)[O-].[Mg+2].[Mg+2].[Mg+2]. The zero-order valence-corrected chi connectivity index (χ0v) is 25.3. The first kappa shape index (κ1) is 49.5. The smallest absolute Gasteiger partial charge is 0.550 e. The van der Waals surface area contributed by atoms with Gasteiger partial charge in [-0.3, -0.25) is 0 Å². The summed E-state index contributed by atoms with van der Waals surface area (Å²) in [6.07, 6.45) is -13.6. The number of hydrogen-bond acceptors (Lipinski definition) is 20. The third-order valence-electron chi connectivity index (χ3n) is 4.27. The molecule has 0 heterocycles. The van der Waals surface area contributed by atoms with Crippen LogP contribution < -0.4 is 30.6 Å². The summed E-state index contributed by atoms with van der Waals surface area (Å²) in [5, 5.41) is 117. The Morgan fingerprint density at radius 2 is 0.951 bits per heavy atom. The molecule has 0 saturated heterocycles. The number of carboxylic acid groups (broad SMARTS) is 6. The number of hydrogen-bond donors (Lipinski definition) is 6. The van der Waals surface area contributed by atoms with Crippen molar-refractivity contribution in [3.05, 3.63) is 0 Å². The fourth-order valence-corrected chi connectivity index (χ4v) is 2.33. The molecule has 41 heavy (non-hydrogen) atoms. The molecule has 0 aromatic heterocycles. The van der Waals surface area contributed by atoms with Crippen molar-refractivity contribution in [3.63, 3.8) is 0 Å². The van der Waals surface area contributed by atoms with Crippen molar-refractivity contribution in [3.8, 4) is 0 Å². The second-order valence-electron chi connectivity index (χ2n) is 7.46. The van der Waals surface area contributed by atoms with E-state index in [4.69, 9.17) is 15.3 Å². The molecule has 0 saturated carbocycles. The van der Waals surface area contributed by atoms with Crippen molar-refractivity contribution in [1.29, 1.82) is 0 Å². The minimum absolute atomic E-state index is 0. The summed E-state index contributed by atoms with van der Waals surface area (Å²) in [4.78, 5) is 70.7. The average Bonchev–Trinajstić information content (AvgIpc) is 2.75. The Morgan fingerprint density at radius 1 is 0.610 bits per heavy atom. The second-order valence-corrected chi connectivity index (χ2v) is 7.46. The van der Waals surface area contributed by atoms with Gasteiger partial charge in [-0.2, -0.15) is 0 Å². The zero-order valence-electron chi connectivity index (χ0n) is 21.1. The van der Waals surface area contributed by atoms with Crippen molar-refractivity contribution in [2.75, 3.05) is 13.2 Å². The molecule has 0 aliphatic carbocycles. The first-order valence-corrected chi connectivity index (χ1v) is 9.83. The van der Waals surface area contributed by atoms with Crippen molar-refractivity contribution >= 4 is 105 Å². The maximum Gasteiger partial charge on any atom is 2.00 e. The Morgan fingerprint density at radius 3 is 1.22 bits per heavy atom. The first-order chi connectivity index (χ1) is 17.2. The maximum atomic E-state index is 11.0. The van der Waals surface area contributed by atoms with Crippen LogP contribution in [0.5, 0.6) is 0 Å². The van der Waals surface area contributed by atoms with Crippen LogP contribution in [0.4, 0.5) is 0 Å². The van der Waals surface area contributed by atoms with Crippen molar-refractivity contribution < 1.29 is 99.8 Å². The van der Waals surface area contributed by atoms with Crippen LogP contribution in [0.2, 0.25) is 0 Å². The molecule has 6 N–H and O–H groups in total. The van der Waals surface area contributed by atoms with E-state index < -0.39 is 110 Å². The van der Waals surface area contributed by atoms with Crippen molar-refractivity contribution in [2.24, 2.45) is 0 Å². The molecule has 0 fully saturated rings. The molecule has 0 aliphatic rings. The second kappa shape index (κ2) is 23.3. The van der Waals surface area contributed by atoms with E-state index in [2.05, 4.69) is 9.78 Å². The van der Waals surface area contributed by atoms with Gasteiger partial charge >= 0.3 is 69.2 Å². The van der Waals surface area contributed by atoms with E-state index in [9.17, 15) is 74.7 Å². The average molecular weight is 631 g/mol. The molecule has 0 radical (unpaired) electrons. The van der Waals surface area contributed by atoms with Gasteiger partial charge in [-0.1, -0.05) is 0 Å². The number of aliphatic hydroxyl groups is 6. The predicted octanol–water partition coefficient (Wildman–Crippen LogP) is -14.3. The molecule has 20 nitrogen and oxygen atoms in total. The molecule has 0 aromatic carbocycles. The Kier molecular flexibility index (Phi) is 28.1. The van der Waals surface area contributed by atoms with Crippen molar-refractivity contribution in [1.82, 2.24) is 0 Å². The molecule has 23 heteroatoms. The van der Waals surface area contributed by atoms with Crippen LogP contribution in [0.25, 0.3) is 0 Å². The van der Waals surface area contributed by atoms with Gasteiger partial charge < -0.3 is 90.0 Å².